The van der Waals surface area contributed by atoms with E-state index in [4.69, 9.17) is 4.74 Å². The molecule has 4 aromatic rings. The molecule has 0 unspecified atom stereocenters. The van der Waals surface area contributed by atoms with E-state index in [0.29, 0.717) is 25.2 Å². The van der Waals surface area contributed by atoms with E-state index in [1.807, 2.05) is 91.2 Å². The van der Waals surface area contributed by atoms with E-state index in [0.717, 1.165) is 34.1 Å². The maximum absolute atomic E-state index is 13.9. The van der Waals surface area contributed by atoms with Gasteiger partial charge in [-0.15, -0.1) is 11.8 Å². The lowest BCUT2D eigenvalue weighted by atomic mass is 10.1. The van der Waals surface area contributed by atoms with Crippen molar-refractivity contribution in [2.75, 3.05) is 24.2 Å². The van der Waals surface area contributed by atoms with Crippen LogP contribution in [0.2, 0.25) is 0 Å². The smallest absolute Gasteiger partial charge is 0.321 e. The van der Waals surface area contributed by atoms with Crippen LogP contribution in [-0.4, -0.2) is 35.7 Å². The van der Waals surface area contributed by atoms with Gasteiger partial charge in [0.15, 0.2) is 0 Å². The first-order valence-electron chi connectivity index (χ1n) is 15.1. The fraction of sp³-hybridized carbons (Fsp3) is 0.297. The highest BCUT2D eigenvalue weighted by Crippen LogP contribution is 2.33. The fourth-order valence-electron chi connectivity index (χ4n) is 4.59. The van der Waals surface area contributed by atoms with Crippen molar-refractivity contribution < 1.29 is 14.3 Å². The Morgan fingerprint density at radius 1 is 0.750 bits per heavy atom. The first-order valence-corrected chi connectivity index (χ1v) is 17.3. The molecule has 0 fully saturated rings. The van der Waals surface area contributed by atoms with Gasteiger partial charge in [-0.2, -0.15) is 11.8 Å². The normalized spacial score (nSPS) is 10.9. The van der Waals surface area contributed by atoms with Crippen molar-refractivity contribution in [2.24, 2.45) is 5.92 Å². The van der Waals surface area contributed by atoms with Crippen LogP contribution in [0.1, 0.15) is 42.5 Å². The highest BCUT2D eigenvalue weighted by atomic mass is 32.2. The molecule has 0 saturated heterocycles. The minimum Gasteiger partial charge on any atom is -0.461 e. The van der Waals surface area contributed by atoms with Crippen LogP contribution in [0, 0.1) is 5.92 Å². The molecule has 0 atom stereocenters. The van der Waals surface area contributed by atoms with Crippen LogP contribution in [0.5, 0.6) is 0 Å². The predicted molar refractivity (Wildman–Crippen MR) is 185 cm³/mol. The second kappa shape index (κ2) is 18.2. The number of amides is 2. The molecule has 4 rings (SSSR count). The minimum atomic E-state index is -0.237. The summed E-state index contributed by atoms with van der Waals surface area (Å²) in [7, 11) is 0. The number of hydrogen-bond acceptors (Lipinski definition) is 5. The standard InChI is InChI=1S/C37H42N2O3S2/c1-29(2)25-35(40)42-26-33-19-12-20-34(44-28-32-17-10-5-11-18-32)36(33)38-37(41)39(22-21-30-13-6-3-7-14-30)23-24-43-27-31-15-8-4-9-16-31/h3-20,29H,21-28H2,1-2H3,(H,38,41). The van der Waals surface area contributed by atoms with Crippen LogP contribution in [0.15, 0.2) is 114 Å². The number of nitrogens with zero attached hydrogens (tertiary/aromatic N) is 1. The van der Waals surface area contributed by atoms with Gasteiger partial charge in [0.1, 0.15) is 6.61 Å². The Kier molecular flexibility index (Phi) is 13.7. The zero-order chi connectivity index (χ0) is 31.0. The Morgan fingerprint density at radius 2 is 1.36 bits per heavy atom. The van der Waals surface area contributed by atoms with E-state index in [1.54, 1.807) is 11.8 Å². The van der Waals surface area contributed by atoms with Gasteiger partial charge in [-0.05, 0) is 35.1 Å². The van der Waals surface area contributed by atoms with E-state index in [1.165, 1.54) is 16.7 Å². The van der Waals surface area contributed by atoms with Gasteiger partial charge in [-0.25, -0.2) is 4.79 Å². The summed E-state index contributed by atoms with van der Waals surface area (Å²) in [6.07, 6.45) is 1.12. The Morgan fingerprint density at radius 3 is 2.00 bits per heavy atom. The first kappa shape index (κ1) is 33.2. The van der Waals surface area contributed by atoms with Gasteiger partial charge in [0, 0.05) is 47.2 Å². The van der Waals surface area contributed by atoms with Gasteiger partial charge in [0.2, 0.25) is 0 Å². The van der Waals surface area contributed by atoms with Crippen LogP contribution >= 0.6 is 23.5 Å². The number of ether oxygens (including phenoxy) is 1. The Labute approximate surface area is 270 Å². The Bertz CT molecular complexity index is 1430. The zero-order valence-corrected chi connectivity index (χ0v) is 27.2. The molecule has 0 spiro atoms. The number of hydrogen-bond donors (Lipinski definition) is 1. The number of esters is 1. The first-order chi connectivity index (χ1) is 21.5. The number of benzene rings is 4. The largest absolute Gasteiger partial charge is 0.461 e. The Hall–Kier alpha value is -3.68. The highest BCUT2D eigenvalue weighted by molar-refractivity contribution is 7.98. The predicted octanol–water partition coefficient (Wildman–Crippen LogP) is 9.08. The third-order valence-corrected chi connectivity index (χ3v) is 9.10. The van der Waals surface area contributed by atoms with Gasteiger partial charge >= 0.3 is 12.0 Å². The van der Waals surface area contributed by atoms with Crippen molar-refractivity contribution >= 4 is 41.2 Å². The number of nitrogens with one attached hydrogen (secondary N) is 1. The molecule has 44 heavy (non-hydrogen) atoms. The van der Waals surface area contributed by atoms with Crippen LogP contribution in [0.3, 0.4) is 0 Å². The molecule has 5 nitrogen and oxygen atoms in total. The molecule has 2 amide bonds. The topological polar surface area (TPSA) is 58.6 Å². The highest BCUT2D eigenvalue weighted by Gasteiger charge is 2.19. The number of carbonyl (C=O) groups excluding carboxylic acids is 2. The molecule has 0 bridgehead atoms. The number of anilines is 1. The van der Waals surface area contributed by atoms with Gasteiger partial charge < -0.3 is 15.0 Å². The number of thioether (sulfide) groups is 2. The summed E-state index contributed by atoms with van der Waals surface area (Å²) in [6, 6.07) is 36.7. The second-order valence-electron chi connectivity index (χ2n) is 11.0. The van der Waals surface area contributed by atoms with Gasteiger partial charge in [-0.1, -0.05) is 117 Å². The SMILES string of the molecule is CC(C)CC(=O)OCc1cccc(SCc2ccccc2)c1NC(=O)N(CCSCc1ccccc1)CCc1ccccc1. The third kappa shape index (κ3) is 11.4. The van der Waals surface area contributed by atoms with Crippen LogP contribution < -0.4 is 5.32 Å². The number of rotatable bonds is 16. The van der Waals surface area contributed by atoms with E-state index in [-0.39, 0.29) is 24.5 Å². The summed E-state index contributed by atoms with van der Waals surface area (Å²) in [4.78, 5) is 29.2. The number of carbonyl (C=O) groups is 2. The monoisotopic (exact) mass is 626 g/mol. The maximum Gasteiger partial charge on any atom is 0.321 e. The van der Waals surface area contributed by atoms with Crippen molar-refractivity contribution in [3.05, 3.63) is 131 Å². The van der Waals surface area contributed by atoms with Gasteiger partial charge in [0.25, 0.3) is 0 Å². The van der Waals surface area contributed by atoms with Gasteiger partial charge in [-0.3, -0.25) is 4.79 Å². The van der Waals surface area contributed by atoms with E-state index in [9.17, 15) is 9.59 Å². The lowest BCUT2D eigenvalue weighted by Gasteiger charge is -2.25. The molecule has 0 aliphatic heterocycles. The lowest BCUT2D eigenvalue weighted by molar-refractivity contribution is -0.145. The molecule has 0 aliphatic carbocycles. The molecule has 230 valence electrons. The zero-order valence-electron chi connectivity index (χ0n) is 25.6. The third-order valence-electron chi connectivity index (χ3n) is 6.96. The molecule has 0 aliphatic rings. The van der Waals surface area contributed by atoms with Crippen molar-refractivity contribution in [1.29, 1.82) is 0 Å². The number of para-hydroxylation sites is 1. The van der Waals surface area contributed by atoms with Crippen molar-refractivity contribution in [1.82, 2.24) is 4.90 Å². The summed E-state index contributed by atoms with van der Waals surface area (Å²) in [6.45, 7) is 5.32. The Balaban J connectivity index is 1.50. The molecule has 0 aromatic heterocycles. The van der Waals surface area contributed by atoms with Crippen LogP contribution in [0.25, 0.3) is 0 Å². The molecule has 0 saturated carbocycles. The fourth-order valence-corrected chi connectivity index (χ4v) is 6.53. The lowest BCUT2D eigenvalue weighted by Crippen LogP contribution is -2.38. The summed E-state index contributed by atoms with van der Waals surface area (Å²) in [5.74, 6) is 2.46. The summed E-state index contributed by atoms with van der Waals surface area (Å²) in [5, 5.41) is 3.24. The summed E-state index contributed by atoms with van der Waals surface area (Å²) in [5.41, 5.74) is 5.16. The van der Waals surface area contributed by atoms with Crippen LogP contribution in [-0.2, 0) is 34.1 Å². The van der Waals surface area contributed by atoms with Crippen molar-refractivity contribution in [3.8, 4) is 0 Å². The molecule has 0 heterocycles. The molecular formula is C37H42N2O3S2. The van der Waals surface area contributed by atoms with Gasteiger partial charge in [0.05, 0.1) is 5.69 Å². The average molecular weight is 627 g/mol. The molecule has 1 N–H and O–H groups in total. The molecular weight excluding hydrogens is 585 g/mol. The van der Waals surface area contributed by atoms with E-state index >= 15 is 0 Å². The number of urea groups is 1. The average Bonchev–Trinajstić information content (AvgIpc) is 3.04. The molecule has 7 heteroatoms. The summed E-state index contributed by atoms with van der Waals surface area (Å²) >= 11 is 3.49. The molecule has 4 aromatic carbocycles. The second-order valence-corrected chi connectivity index (χ2v) is 13.1. The quantitative estimate of drug-likeness (QED) is 0.0764. The minimum absolute atomic E-state index is 0.109. The van der Waals surface area contributed by atoms with Crippen molar-refractivity contribution in [2.45, 2.75) is 49.7 Å². The maximum atomic E-state index is 13.9. The van der Waals surface area contributed by atoms with E-state index in [2.05, 4.69) is 53.8 Å². The van der Waals surface area contributed by atoms with E-state index < -0.39 is 0 Å². The summed E-state index contributed by atoms with van der Waals surface area (Å²) < 4.78 is 5.65. The van der Waals surface area contributed by atoms with Crippen molar-refractivity contribution in [3.63, 3.8) is 0 Å². The van der Waals surface area contributed by atoms with Crippen LogP contribution in [0.4, 0.5) is 10.5 Å². The molecule has 0 radical (unpaired) electrons.